The monoisotopic (exact) mass is 272 g/mol. The Morgan fingerprint density at radius 2 is 2.00 bits per heavy atom. The molecule has 0 aromatic heterocycles. The Labute approximate surface area is 110 Å². The molecule has 0 saturated heterocycles. The summed E-state index contributed by atoms with van der Waals surface area (Å²) in [5.41, 5.74) is 7.37. The fraction of sp³-hybridized carbons (Fsp3) is 0.462. The molecule has 0 fully saturated rings. The van der Waals surface area contributed by atoms with Gasteiger partial charge in [-0.15, -0.1) is 0 Å². The van der Waals surface area contributed by atoms with Crippen molar-refractivity contribution in [1.82, 2.24) is 5.32 Å². The quantitative estimate of drug-likeness (QED) is 0.696. The van der Waals surface area contributed by atoms with Crippen LogP contribution in [-0.2, 0) is 22.5 Å². The van der Waals surface area contributed by atoms with Crippen molar-refractivity contribution < 1.29 is 18.3 Å². The molecule has 0 aliphatic carbocycles. The van der Waals surface area contributed by atoms with Crippen molar-refractivity contribution in [3.63, 3.8) is 0 Å². The standard InChI is InChI=1S/C13H18F2N2O2/c14-12(15)9-19-6-5-17-13(18)7-10-3-1-2-4-11(10)8-16/h1-4,12H,5-9,16H2,(H,17,18). The van der Waals surface area contributed by atoms with Gasteiger partial charge in [-0.05, 0) is 11.1 Å². The van der Waals surface area contributed by atoms with Crippen molar-refractivity contribution in [2.75, 3.05) is 19.8 Å². The van der Waals surface area contributed by atoms with Gasteiger partial charge in [0.05, 0.1) is 13.0 Å². The second-order valence-corrected chi connectivity index (χ2v) is 3.97. The van der Waals surface area contributed by atoms with E-state index in [-0.39, 0.29) is 25.5 Å². The third-order valence-corrected chi connectivity index (χ3v) is 2.50. The summed E-state index contributed by atoms with van der Waals surface area (Å²) in [4.78, 5) is 11.6. The average molecular weight is 272 g/mol. The second-order valence-electron chi connectivity index (χ2n) is 3.97. The van der Waals surface area contributed by atoms with Crippen LogP contribution in [0.3, 0.4) is 0 Å². The van der Waals surface area contributed by atoms with E-state index in [1.807, 2.05) is 24.3 Å². The van der Waals surface area contributed by atoms with E-state index < -0.39 is 13.0 Å². The average Bonchev–Trinajstić information content (AvgIpc) is 2.38. The molecule has 0 radical (unpaired) electrons. The van der Waals surface area contributed by atoms with Crippen LogP contribution in [0.5, 0.6) is 0 Å². The third kappa shape index (κ3) is 6.26. The van der Waals surface area contributed by atoms with E-state index in [2.05, 4.69) is 10.1 Å². The molecule has 0 saturated carbocycles. The maximum Gasteiger partial charge on any atom is 0.261 e. The zero-order chi connectivity index (χ0) is 14.1. The first kappa shape index (κ1) is 15.5. The Balaban J connectivity index is 2.27. The molecule has 0 heterocycles. The number of hydrogen-bond acceptors (Lipinski definition) is 3. The molecule has 0 atom stereocenters. The molecule has 1 amide bonds. The molecule has 4 nitrogen and oxygen atoms in total. The van der Waals surface area contributed by atoms with Crippen LogP contribution in [0, 0.1) is 0 Å². The first-order chi connectivity index (χ1) is 9.13. The van der Waals surface area contributed by atoms with E-state index in [9.17, 15) is 13.6 Å². The molecule has 3 N–H and O–H groups in total. The van der Waals surface area contributed by atoms with Crippen LogP contribution in [0.2, 0.25) is 0 Å². The summed E-state index contributed by atoms with van der Waals surface area (Å²) in [6.45, 7) is 0.0673. The van der Waals surface area contributed by atoms with Gasteiger partial charge < -0.3 is 15.8 Å². The number of benzene rings is 1. The summed E-state index contributed by atoms with van der Waals surface area (Å²) in [7, 11) is 0. The van der Waals surface area contributed by atoms with E-state index in [4.69, 9.17) is 5.73 Å². The lowest BCUT2D eigenvalue weighted by Crippen LogP contribution is -2.29. The van der Waals surface area contributed by atoms with Gasteiger partial charge in [-0.1, -0.05) is 24.3 Å². The second kappa shape index (κ2) is 8.55. The highest BCUT2D eigenvalue weighted by molar-refractivity contribution is 5.78. The minimum atomic E-state index is -2.48. The van der Waals surface area contributed by atoms with Crippen LogP contribution in [0.4, 0.5) is 8.78 Å². The van der Waals surface area contributed by atoms with E-state index in [1.54, 1.807) is 0 Å². The molecule has 0 unspecified atom stereocenters. The Bertz CT molecular complexity index is 400. The topological polar surface area (TPSA) is 64.4 Å². The predicted octanol–water partition coefficient (Wildman–Crippen LogP) is 1.09. The highest BCUT2D eigenvalue weighted by Gasteiger charge is 2.06. The van der Waals surface area contributed by atoms with E-state index in [0.717, 1.165) is 11.1 Å². The molecule has 1 aromatic carbocycles. The van der Waals surface area contributed by atoms with Crippen LogP contribution in [0.15, 0.2) is 24.3 Å². The van der Waals surface area contributed by atoms with Crippen molar-refractivity contribution in [1.29, 1.82) is 0 Å². The molecule has 1 rings (SSSR count). The van der Waals surface area contributed by atoms with Crippen LogP contribution >= 0.6 is 0 Å². The molecule has 0 aliphatic rings. The van der Waals surface area contributed by atoms with Crippen molar-refractivity contribution in [2.24, 2.45) is 5.73 Å². The molecule has 106 valence electrons. The fourth-order valence-corrected chi connectivity index (χ4v) is 1.60. The number of amides is 1. The van der Waals surface area contributed by atoms with Gasteiger partial charge in [-0.25, -0.2) is 8.78 Å². The van der Waals surface area contributed by atoms with Gasteiger partial charge in [0.2, 0.25) is 5.91 Å². The minimum Gasteiger partial charge on any atom is -0.374 e. The normalized spacial score (nSPS) is 10.7. The largest absolute Gasteiger partial charge is 0.374 e. The molecule has 19 heavy (non-hydrogen) atoms. The SMILES string of the molecule is NCc1ccccc1CC(=O)NCCOCC(F)F. The smallest absolute Gasteiger partial charge is 0.261 e. The molecule has 6 heteroatoms. The van der Waals surface area contributed by atoms with Crippen LogP contribution < -0.4 is 11.1 Å². The maximum absolute atomic E-state index is 11.8. The van der Waals surface area contributed by atoms with Crippen molar-refractivity contribution in [3.05, 3.63) is 35.4 Å². The van der Waals surface area contributed by atoms with Gasteiger partial charge >= 0.3 is 0 Å². The number of hydrogen-bond donors (Lipinski definition) is 2. The van der Waals surface area contributed by atoms with Gasteiger partial charge in [-0.2, -0.15) is 0 Å². The summed E-state index contributed by atoms with van der Waals surface area (Å²) in [6.07, 6.45) is -2.26. The number of alkyl halides is 2. The van der Waals surface area contributed by atoms with Gasteiger partial charge in [0, 0.05) is 13.1 Å². The van der Waals surface area contributed by atoms with E-state index in [1.165, 1.54) is 0 Å². The highest BCUT2D eigenvalue weighted by Crippen LogP contribution is 2.08. The number of halogens is 2. The van der Waals surface area contributed by atoms with Crippen LogP contribution in [-0.4, -0.2) is 32.1 Å². The zero-order valence-corrected chi connectivity index (χ0v) is 10.6. The van der Waals surface area contributed by atoms with Gasteiger partial charge in [-0.3, -0.25) is 4.79 Å². The van der Waals surface area contributed by atoms with Gasteiger partial charge in [0.15, 0.2) is 0 Å². The van der Waals surface area contributed by atoms with Gasteiger partial charge in [0.1, 0.15) is 6.61 Å². The number of nitrogens with two attached hydrogens (primary N) is 1. The van der Waals surface area contributed by atoms with Crippen LogP contribution in [0.25, 0.3) is 0 Å². The van der Waals surface area contributed by atoms with Crippen molar-refractivity contribution in [2.45, 2.75) is 19.4 Å². The summed E-state index contributed by atoms with van der Waals surface area (Å²) >= 11 is 0. The Morgan fingerprint density at radius 3 is 2.63 bits per heavy atom. The Kier molecular flexibility index (Phi) is 6.99. The third-order valence-electron chi connectivity index (χ3n) is 2.50. The van der Waals surface area contributed by atoms with Crippen molar-refractivity contribution >= 4 is 5.91 Å². The lowest BCUT2D eigenvalue weighted by Gasteiger charge is -2.09. The first-order valence-corrected chi connectivity index (χ1v) is 6.03. The van der Waals surface area contributed by atoms with Crippen LogP contribution in [0.1, 0.15) is 11.1 Å². The fourth-order valence-electron chi connectivity index (χ4n) is 1.60. The molecule has 1 aromatic rings. The van der Waals surface area contributed by atoms with Crippen molar-refractivity contribution in [3.8, 4) is 0 Å². The predicted molar refractivity (Wildman–Crippen MR) is 67.9 cm³/mol. The summed E-state index contributed by atoms with van der Waals surface area (Å²) in [6, 6.07) is 7.42. The Hall–Kier alpha value is -1.53. The number of rotatable bonds is 8. The minimum absolute atomic E-state index is 0.0780. The highest BCUT2D eigenvalue weighted by atomic mass is 19.3. The van der Waals surface area contributed by atoms with E-state index in [0.29, 0.717) is 6.54 Å². The molecular weight excluding hydrogens is 254 g/mol. The molecular formula is C13H18F2N2O2. The molecule has 0 spiro atoms. The lowest BCUT2D eigenvalue weighted by molar-refractivity contribution is -0.120. The molecule has 0 aliphatic heterocycles. The first-order valence-electron chi connectivity index (χ1n) is 6.03. The van der Waals surface area contributed by atoms with Gasteiger partial charge in [0.25, 0.3) is 6.43 Å². The number of carbonyl (C=O) groups excluding carboxylic acids is 1. The summed E-state index contributed by atoms with van der Waals surface area (Å²) in [5.74, 6) is -0.179. The number of nitrogens with one attached hydrogen (secondary N) is 1. The number of ether oxygens (including phenoxy) is 1. The number of carbonyl (C=O) groups is 1. The summed E-state index contributed by atoms with van der Waals surface area (Å²) < 4.78 is 28.2. The van der Waals surface area contributed by atoms with E-state index >= 15 is 0 Å². The Morgan fingerprint density at radius 1 is 1.32 bits per heavy atom. The molecule has 0 bridgehead atoms. The summed E-state index contributed by atoms with van der Waals surface area (Å²) in [5, 5.41) is 2.61. The maximum atomic E-state index is 11.8. The lowest BCUT2D eigenvalue weighted by atomic mass is 10.0. The zero-order valence-electron chi connectivity index (χ0n) is 10.6.